The molecule has 3 heterocycles. The van der Waals surface area contributed by atoms with E-state index in [0.717, 1.165) is 34.4 Å². The second kappa shape index (κ2) is 4.63. The van der Waals surface area contributed by atoms with Crippen LogP contribution in [0, 0.1) is 6.92 Å². The molecule has 0 saturated carbocycles. The maximum Gasteiger partial charge on any atom is 0.155 e. The number of aryl methyl sites for hydroxylation is 1. The Bertz CT molecular complexity index is 942. The Morgan fingerprint density at radius 2 is 1.81 bits per heavy atom. The number of rotatable bonds is 2. The van der Waals surface area contributed by atoms with Gasteiger partial charge in [0.25, 0.3) is 0 Å². The number of aromatic nitrogens is 5. The summed E-state index contributed by atoms with van der Waals surface area (Å²) in [6.07, 6.45) is 8.15. The van der Waals surface area contributed by atoms with Crippen molar-refractivity contribution < 1.29 is 0 Å². The summed E-state index contributed by atoms with van der Waals surface area (Å²) in [6, 6.07) is 8.12. The molecule has 5 nitrogen and oxygen atoms in total. The van der Waals surface area contributed by atoms with Gasteiger partial charge in [-0.15, -0.1) is 0 Å². The van der Waals surface area contributed by atoms with E-state index in [-0.39, 0.29) is 0 Å². The van der Waals surface area contributed by atoms with Crippen LogP contribution < -0.4 is 0 Å². The third-order valence-corrected chi connectivity index (χ3v) is 3.43. The van der Waals surface area contributed by atoms with Gasteiger partial charge >= 0.3 is 0 Å². The second-order valence-electron chi connectivity index (χ2n) is 5.11. The summed E-state index contributed by atoms with van der Waals surface area (Å²) in [5.41, 5.74) is 5.99. The van der Waals surface area contributed by atoms with Gasteiger partial charge in [0.05, 0.1) is 16.7 Å². The second-order valence-corrected chi connectivity index (χ2v) is 5.11. The molecule has 0 spiro atoms. The Kier molecular flexibility index (Phi) is 2.64. The van der Waals surface area contributed by atoms with Crippen LogP contribution in [-0.4, -0.2) is 24.6 Å². The first-order chi connectivity index (χ1) is 10.3. The summed E-state index contributed by atoms with van der Waals surface area (Å²) in [7, 11) is 0. The van der Waals surface area contributed by atoms with Crippen molar-refractivity contribution in [2.24, 2.45) is 0 Å². The van der Waals surface area contributed by atoms with Crippen LogP contribution in [-0.2, 0) is 6.42 Å². The highest BCUT2D eigenvalue weighted by molar-refractivity contribution is 5.74. The van der Waals surface area contributed by atoms with Crippen LogP contribution in [0.3, 0.4) is 0 Å². The molecule has 0 unspecified atom stereocenters. The zero-order valence-corrected chi connectivity index (χ0v) is 11.6. The van der Waals surface area contributed by atoms with Crippen LogP contribution >= 0.6 is 0 Å². The van der Waals surface area contributed by atoms with Gasteiger partial charge in [0.15, 0.2) is 5.65 Å². The minimum atomic E-state index is 0.800. The van der Waals surface area contributed by atoms with E-state index in [9.17, 15) is 0 Å². The van der Waals surface area contributed by atoms with Crippen molar-refractivity contribution in [2.75, 3.05) is 0 Å². The third-order valence-electron chi connectivity index (χ3n) is 3.43. The molecule has 0 bridgehead atoms. The molecule has 4 rings (SSSR count). The molecular formula is C16H13N5. The van der Waals surface area contributed by atoms with Crippen LogP contribution in [0.1, 0.15) is 16.8 Å². The van der Waals surface area contributed by atoms with Gasteiger partial charge in [0.2, 0.25) is 0 Å². The summed E-state index contributed by atoms with van der Waals surface area (Å²) in [5.74, 6) is 0. The monoisotopic (exact) mass is 275 g/mol. The number of fused-ring (bicyclic) bond motifs is 2. The van der Waals surface area contributed by atoms with E-state index in [1.165, 1.54) is 5.56 Å². The van der Waals surface area contributed by atoms with Crippen molar-refractivity contribution >= 4 is 16.7 Å². The zero-order valence-electron chi connectivity index (χ0n) is 11.6. The molecule has 0 radical (unpaired) electrons. The van der Waals surface area contributed by atoms with Gasteiger partial charge in [-0.2, -0.15) is 5.10 Å². The maximum absolute atomic E-state index is 4.43. The van der Waals surface area contributed by atoms with Gasteiger partial charge in [-0.1, -0.05) is 6.07 Å². The summed E-state index contributed by atoms with van der Waals surface area (Å²) < 4.78 is 1.82. The normalized spacial score (nSPS) is 11.3. The third kappa shape index (κ3) is 2.23. The van der Waals surface area contributed by atoms with Crippen molar-refractivity contribution in [3.63, 3.8) is 0 Å². The molecule has 1 aromatic carbocycles. The molecule has 5 heteroatoms. The maximum atomic E-state index is 4.43. The predicted molar refractivity (Wildman–Crippen MR) is 80.1 cm³/mol. The van der Waals surface area contributed by atoms with E-state index in [0.29, 0.717) is 0 Å². The van der Waals surface area contributed by atoms with Crippen molar-refractivity contribution in [1.29, 1.82) is 0 Å². The molecule has 0 fully saturated rings. The summed E-state index contributed by atoms with van der Waals surface area (Å²) >= 11 is 0. The van der Waals surface area contributed by atoms with E-state index in [1.54, 1.807) is 12.4 Å². The lowest BCUT2D eigenvalue weighted by atomic mass is 10.1. The van der Waals surface area contributed by atoms with Crippen LogP contribution in [0.15, 0.2) is 49.1 Å². The zero-order chi connectivity index (χ0) is 14.2. The first kappa shape index (κ1) is 12.0. The molecule has 0 aliphatic heterocycles. The Hall–Kier alpha value is -2.82. The fourth-order valence-corrected chi connectivity index (χ4v) is 2.48. The SMILES string of the molecule is Cc1cc2ncc(Cc3ccc4nccnc4c3)cn2n1. The Labute approximate surface area is 121 Å². The average molecular weight is 275 g/mol. The van der Waals surface area contributed by atoms with E-state index in [2.05, 4.69) is 32.2 Å². The molecular weight excluding hydrogens is 262 g/mol. The van der Waals surface area contributed by atoms with Gasteiger partial charge in [0, 0.05) is 37.3 Å². The van der Waals surface area contributed by atoms with Gasteiger partial charge in [-0.05, 0) is 30.2 Å². The van der Waals surface area contributed by atoms with E-state index in [1.807, 2.05) is 36.0 Å². The lowest BCUT2D eigenvalue weighted by Crippen LogP contribution is -1.96. The Balaban J connectivity index is 1.71. The lowest BCUT2D eigenvalue weighted by Gasteiger charge is -2.03. The van der Waals surface area contributed by atoms with Crippen LogP contribution in [0.25, 0.3) is 16.7 Å². The van der Waals surface area contributed by atoms with Gasteiger partial charge < -0.3 is 0 Å². The molecule has 0 amide bonds. The van der Waals surface area contributed by atoms with E-state index in [4.69, 9.17) is 0 Å². The largest absolute Gasteiger partial charge is 0.253 e. The minimum absolute atomic E-state index is 0.800. The minimum Gasteiger partial charge on any atom is -0.253 e. The summed E-state index contributed by atoms with van der Waals surface area (Å²) in [5, 5.41) is 4.40. The van der Waals surface area contributed by atoms with Crippen molar-refractivity contribution in [2.45, 2.75) is 13.3 Å². The van der Waals surface area contributed by atoms with Gasteiger partial charge in [0.1, 0.15) is 0 Å². The highest BCUT2D eigenvalue weighted by Crippen LogP contribution is 2.15. The average Bonchev–Trinajstić information content (AvgIpc) is 2.86. The molecule has 0 atom stereocenters. The number of hydrogen-bond acceptors (Lipinski definition) is 4. The van der Waals surface area contributed by atoms with Crippen LogP contribution in [0.2, 0.25) is 0 Å². The van der Waals surface area contributed by atoms with Gasteiger partial charge in [-0.25, -0.2) is 9.50 Å². The molecule has 102 valence electrons. The highest BCUT2D eigenvalue weighted by atomic mass is 15.2. The van der Waals surface area contributed by atoms with Crippen LogP contribution in [0.5, 0.6) is 0 Å². The molecule has 0 saturated heterocycles. The molecule has 4 aromatic rings. The van der Waals surface area contributed by atoms with Crippen molar-refractivity contribution in [1.82, 2.24) is 24.6 Å². The number of benzene rings is 1. The number of nitrogens with zero attached hydrogens (tertiary/aromatic N) is 5. The molecule has 21 heavy (non-hydrogen) atoms. The fraction of sp³-hybridized carbons (Fsp3) is 0.125. The quantitative estimate of drug-likeness (QED) is 0.564. The predicted octanol–water partition coefficient (Wildman–Crippen LogP) is 2.57. The smallest absolute Gasteiger partial charge is 0.155 e. The molecule has 0 N–H and O–H groups in total. The Morgan fingerprint density at radius 1 is 0.952 bits per heavy atom. The molecule has 0 aliphatic rings. The lowest BCUT2D eigenvalue weighted by molar-refractivity contribution is 0.898. The first-order valence-electron chi connectivity index (χ1n) is 6.78. The van der Waals surface area contributed by atoms with E-state index >= 15 is 0 Å². The molecule has 3 aromatic heterocycles. The van der Waals surface area contributed by atoms with Crippen LogP contribution in [0.4, 0.5) is 0 Å². The highest BCUT2D eigenvalue weighted by Gasteiger charge is 2.03. The summed E-state index contributed by atoms with van der Waals surface area (Å²) in [6.45, 7) is 1.97. The van der Waals surface area contributed by atoms with E-state index < -0.39 is 0 Å². The summed E-state index contributed by atoms with van der Waals surface area (Å²) in [4.78, 5) is 13.1. The fourth-order valence-electron chi connectivity index (χ4n) is 2.48. The van der Waals surface area contributed by atoms with Crippen molar-refractivity contribution in [3.05, 3.63) is 65.9 Å². The number of hydrogen-bond donors (Lipinski definition) is 0. The standard InChI is InChI=1S/C16H13N5/c1-11-6-16-19-9-13(10-21(16)20-11)7-12-2-3-14-15(8-12)18-5-4-17-14/h2-6,8-10H,7H2,1H3. The van der Waals surface area contributed by atoms with Crippen molar-refractivity contribution in [3.8, 4) is 0 Å². The topological polar surface area (TPSA) is 56.0 Å². The Morgan fingerprint density at radius 3 is 2.71 bits per heavy atom. The first-order valence-corrected chi connectivity index (χ1v) is 6.78. The van der Waals surface area contributed by atoms with Gasteiger partial charge in [-0.3, -0.25) is 9.97 Å². The molecule has 0 aliphatic carbocycles.